The molecule has 8 atom stereocenters. The molecule has 0 aromatic rings. The number of carbonyl (C=O) groups excluding carboxylic acids is 1. The number of aliphatic imine (C=N–C) groups is 1. The number of ether oxygens (including phenoxy) is 1. The summed E-state index contributed by atoms with van der Waals surface area (Å²) in [6.45, 7) is 14.7. The molecular formula is C31H49NO2. The van der Waals surface area contributed by atoms with E-state index >= 15 is 0 Å². The summed E-state index contributed by atoms with van der Waals surface area (Å²) in [4.78, 5) is 16.7. The summed E-state index contributed by atoms with van der Waals surface area (Å²) in [6.07, 6.45) is 18.7. The van der Waals surface area contributed by atoms with E-state index in [9.17, 15) is 4.79 Å². The quantitative estimate of drug-likeness (QED) is 0.165. The standard InChI is InChI=1S/C31H49NO2/c1-7-29(33)34-24-14-16-30(5)23(19-24)10-11-25-27-13-12-26(31(27,6)17-15-28(25)30)22(4)20-32-18-8-9-21(2)3/h9-10,20,22,24-28H,7-8,11-19H2,1-6H3/t22-,24+,25+,26-,27?,28+,30+,31-/m1/s1. The van der Waals surface area contributed by atoms with Crippen molar-refractivity contribution in [1.29, 1.82) is 0 Å². The number of fused-ring (bicyclic) bond motifs is 5. The lowest BCUT2D eigenvalue weighted by Gasteiger charge is -2.58. The summed E-state index contributed by atoms with van der Waals surface area (Å²) in [5.41, 5.74) is 3.77. The minimum atomic E-state index is -0.0390. The zero-order valence-electron chi connectivity index (χ0n) is 22.7. The molecule has 0 aliphatic heterocycles. The van der Waals surface area contributed by atoms with Crippen molar-refractivity contribution in [3.8, 4) is 0 Å². The zero-order chi connectivity index (χ0) is 24.5. The Kier molecular flexibility index (Phi) is 7.80. The molecule has 4 rings (SSSR count). The highest BCUT2D eigenvalue weighted by Crippen LogP contribution is 2.67. The van der Waals surface area contributed by atoms with E-state index in [1.54, 1.807) is 5.57 Å². The molecule has 1 unspecified atom stereocenters. The Morgan fingerprint density at radius 3 is 2.71 bits per heavy atom. The third-order valence-corrected chi connectivity index (χ3v) is 10.5. The molecule has 3 heteroatoms. The normalized spacial score (nSPS) is 40.1. The molecule has 0 radical (unpaired) electrons. The molecule has 3 nitrogen and oxygen atoms in total. The van der Waals surface area contributed by atoms with Crippen LogP contribution in [-0.2, 0) is 9.53 Å². The van der Waals surface area contributed by atoms with Crippen LogP contribution in [0.25, 0.3) is 0 Å². The van der Waals surface area contributed by atoms with Crippen LogP contribution in [-0.4, -0.2) is 24.8 Å². The first-order valence-corrected chi connectivity index (χ1v) is 14.2. The molecular weight excluding hydrogens is 418 g/mol. The van der Waals surface area contributed by atoms with Gasteiger partial charge in [0, 0.05) is 25.6 Å². The molecule has 0 saturated heterocycles. The van der Waals surface area contributed by atoms with Gasteiger partial charge in [0.15, 0.2) is 0 Å². The lowest BCUT2D eigenvalue weighted by molar-refractivity contribution is -0.151. The summed E-state index contributed by atoms with van der Waals surface area (Å²) in [5, 5.41) is 0. The molecule has 0 aromatic heterocycles. The van der Waals surface area contributed by atoms with Crippen molar-refractivity contribution in [3.05, 3.63) is 23.3 Å². The first kappa shape index (κ1) is 25.7. The third kappa shape index (κ3) is 4.82. The molecule has 0 amide bonds. The second kappa shape index (κ2) is 10.3. The Hall–Kier alpha value is -1.38. The van der Waals surface area contributed by atoms with Gasteiger partial charge in [-0.15, -0.1) is 0 Å². The first-order chi connectivity index (χ1) is 16.2. The lowest BCUT2D eigenvalue weighted by atomic mass is 9.47. The largest absolute Gasteiger partial charge is 0.462 e. The molecule has 0 bridgehead atoms. The van der Waals surface area contributed by atoms with E-state index in [0.717, 1.165) is 49.5 Å². The van der Waals surface area contributed by atoms with Crippen LogP contribution in [0.15, 0.2) is 28.3 Å². The fraction of sp³-hybridized carbons (Fsp3) is 0.806. The van der Waals surface area contributed by atoms with Crippen LogP contribution in [0.5, 0.6) is 0 Å². The van der Waals surface area contributed by atoms with Gasteiger partial charge >= 0.3 is 5.97 Å². The Bertz CT molecular complexity index is 836. The summed E-state index contributed by atoms with van der Waals surface area (Å²) < 4.78 is 5.76. The van der Waals surface area contributed by atoms with Crippen molar-refractivity contribution in [3.63, 3.8) is 0 Å². The Morgan fingerprint density at radius 1 is 1.18 bits per heavy atom. The third-order valence-electron chi connectivity index (χ3n) is 10.5. The minimum absolute atomic E-state index is 0.0390. The first-order valence-electron chi connectivity index (χ1n) is 14.2. The molecule has 0 heterocycles. The Balaban J connectivity index is 1.43. The van der Waals surface area contributed by atoms with Crippen molar-refractivity contribution in [2.45, 2.75) is 112 Å². The topological polar surface area (TPSA) is 38.7 Å². The van der Waals surface area contributed by atoms with Gasteiger partial charge in [-0.1, -0.05) is 51.0 Å². The molecule has 34 heavy (non-hydrogen) atoms. The van der Waals surface area contributed by atoms with Crippen LogP contribution < -0.4 is 0 Å². The van der Waals surface area contributed by atoms with E-state index in [4.69, 9.17) is 9.73 Å². The van der Waals surface area contributed by atoms with E-state index in [0.29, 0.717) is 23.2 Å². The fourth-order valence-electron chi connectivity index (χ4n) is 8.67. The minimum Gasteiger partial charge on any atom is -0.462 e. The number of nitrogens with zero attached hydrogens (tertiary/aromatic N) is 1. The highest BCUT2D eigenvalue weighted by Gasteiger charge is 2.59. The Morgan fingerprint density at radius 2 is 1.97 bits per heavy atom. The summed E-state index contributed by atoms with van der Waals surface area (Å²) in [6, 6.07) is 0. The van der Waals surface area contributed by atoms with Gasteiger partial charge in [-0.3, -0.25) is 9.79 Å². The molecule has 190 valence electrons. The molecule has 0 spiro atoms. The van der Waals surface area contributed by atoms with E-state index in [1.807, 2.05) is 6.92 Å². The monoisotopic (exact) mass is 467 g/mol. The number of rotatable bonds is 7. The molecule has 4 aliphatic carbocycles. The van der Waals surface area contributed by atoms with Gasteiger partial charge in [-0.25, -0.2) is 0 Å². The van der Waals surface area contributed by atoms with Crippen molar-refractivity contribution >= 4 is 12.2 Å². The summed E-state index contributed by atoms with van der Waals surface area (Å²) in [7, 11) is 0. The van der Waals surface area contributed by atoms with E-state index in [2.05, 4.69) is 53.0 Å². The highest BCUT2D eigenvalue weighted by molar-refractivity contribution is 5.69. The smallest absolute Gasteiger partial charge is 0.305 e. The average Bonchev–Trinajstić information content (AvgIpc) is 3.16. The zero-order valence-corrected chi connectivity index (χ0v) is 22.7. The maximum atomic E-state index is 11.9. The average molecular weight is 468 g/mol. The second-order valence-electron chi connectivity index (χ2n) is 12.7. The van der Waals surface area contributed by atoms with Gasteiger partial charge in [0.25, 0.3) is 0 Å². The number of hydrogen-bond donors (Lipinski definition) is 0. The number of carbonyl (C=O) groups is 1. The highest BCUT2D eigenvalue weighted by atomic mass is 16.5. The van der Waals surface area contributed by atoms with Crippen LogP contribution >= 0.6 is 0 Å². The van der Waals surface area contributed by atoms with Crippen LogP contribution in [0.2, 0.25) is 0 Å². The van der Waals surface area contributed by atoms with E-state index in [1.165, 1.54) is 44.1 Å². The number of hydrogen-bond acceptors (Lipinski definition) is 3. The van der Waals surface area contributed by atoms with Gasteiger partial charge in [0.2, 0.25) is 0 Å². The van der Waals surface area contributed by atoms with Crippen LogP contribution in [0.3, 0.4) is 0 Å². The van der Waals surface area contributed by atoms with Gasteiger partial charge in [-0.2, -0.15) is 0 Å². The maximum Gasteiger partial charge on any atom is 0.305 e. The van der Waals surface area contributed by atoms with Gasteiger partial charge in [-0.05, 0) is 106 Å². The van der Waals surface area contributed by atoms with Gasteiger partial charge in [0.1, 0.15) is 6.10 Å². The predicted molar refractivity (Wildman–Crippen MR) is 142 cm³/mol. The SMILES string of the molecule is CCC(=O)O[C@H]1CC[C@@]2(C)C(=CC[C@H]3C4CC[C@H]([C@H](C)C=NCCC=C(C)C)[C@@]4(C)CC[C@@H]32)C1. The van der Waals surface area contributed by atoms with E-state index < -0.39 is 0 Å². The van der Waals surface area contributed by atoms with Crippen molar-refractivity contribution < 1.29 is 9.53 Å². The fourth-order valence-corrected chi connectivity index (χ4v) is 8.67. The molecule has 4 aliphatic rings. The second-order valence-corrected chi connectivity index (χ2v) is 12.7. The summed E-state index contributed by atoms with van der Waals surface area (Å²) >= 11 is 0. The number of esters is 1. The van der Waals surface area contributed by atoms with Crippen LogP contribution in [0.4, 0.5) is 0 Å². The molecule has 3 saturated carbocycles. The van der Waals surface area contributed by atoms with Gasteiger partial charge in [0.05, 0.1) is 0 Å². The molecule has 0 N–H and O–H groups in total. The van der Waals surface area contributed by atoms with Crippen LogP contribution in [0.1, 0.15) is 106 Å². The van der Waals surface area contributed by atoms with Crippen molar-refractivity contribution in [2.24, 2.45) is 45.4 Å². The van der Waals surface area contributed by atoms with Crippen molar-refractivity contribution in [2.75, 3.05) is 6.54 Å². The maximum absolute atomic E-state index is 11.9. The predicted octanol–water partition coefficient (Wildman–Crippen LogP) is 7.95. The summed E-state index contributed by atoms with van der Waals surface area (Å²) in [5.74, 6) is 3.79. The number of allylic oxidation sites excluding steroid dienone is 2. The lowest BCUT2D eigenvalue weighted by Crippen LogP contribution is -2.51. The molecule has 3 fully saturated rings. The van der Waals surface area contributed by atoms with E-state index in [-0.39, 0.29) is 12.1 Å². The molecule has 0 aromatic carbocycles. The Labute approximate surface area is 208 Å². The van der Waals surface area contributed by atoms with Crippen LogP contribution in [0, 0.1) is 40.4 Å². The van der Waals surface area contributed by atoms with Crippen molar-refractivity contribution in [1.82, 2.24) is 0 Å². The van der Waals surface area contributed by atoms with Gasteiger partial charge < -0.3 is 4.74 Å².